The van der Waals surface area contributed by atoms with E-state index >= 15 is 0 Å². The average molecular weight is 133 g/mol. The van der Waals surface area contributed by atoms with E-state index in [0.29, 0.717) is 0 Å². The van der Waals surface area contributed by atoms with Crippen molar-refractivity contribution in [3.8, 4) is 0 Å². The summed E-state index contributed by atoms with van der Waals surface area (Å²) in [6, 6.07) is 0. The molecule has 0 spiro atoms. The number of hydrogen-bond donors (Lipinski definition) is 1. The summed E-state index contributed by atoms with van der Waals surface area (Å²) in [6.07, 6.45) is 0. The smallest absolute Gasteiger partial charge is 0.870 e. The van der Waals surface area contributed by atoms with E-state index in [1.54, 1.807) is 0 Å². The third-order valence-electron chi connectivity index (χ3n) is 0. The van der Waals surface area contributed by atoms with Crippen molar-refractivity contribution in [3.63, 3.8) is 0 Å². The van der Waals surface area contributed by atoms with Gasteiger partial charge in [0.1, 0.15) is 0 Å². The van der Waals surface area contributed by atoms with Crippen LogP contribution in [0.2, 0.25) is 0 Å². The van der Waals surface area contributed by atoms with Gasteiger partial charge >= 0.3 is 21.7 Å². The van der Waals surface area contributed by atoms with Crippen molar-refractivity contribution >= 4 is 0 Å². The first kappa shape index (κ1) is 749. The van der Waals surface area contributed by atoms with Gasteiger partial charge in [0.25, 0.3) is 0 Å². The van der Waals surface area contributed by atoms with Gasteiger partial charge in [-0.05, 0) is 0 Å². The maximum Gasteiger partial charge on any atom is 4.00 e. The van der Waals surface area contributed by atoms with Crippen LogP contribution in [0.25, 0.3) is 0 Å². The maximum atomic E-state index is 0. The molecule has 5 nitrogen and oxygen atoms in total. The van der Waals surface area contributed by atoms with Crippen LogP contribution in [-0.4, -0.2) is 21.9 Å². The van der Waals surface area contributed by atoms with Gasteiger partial charge in [0.15, 0.2) is 0 Å². The van der Waals surface area contributed by atoms with Crippen molar-refractivity contribution in [1.29, 1.82) is 0 Å². The van der Waals surface area contributed by atoms with E-state index < -0.39 is 0 Å². The first-order valence-electron chi connectivity index (χ1n) is 0. The molecular weight excluding hydrogens is 126 g/mol. The fourth-order valence-corrected chi connectivity index (χ4v) is 0. The van der Waals surface area contributed by atoms with Crippen LogP contribution in [0.5, 0.6) is 0 Å². The second kappa shape index (κ2) is 425. The van der Waals surface area contributed by atoms with Gasteiger partial charge in [0.2, 0.25) is 0 Å². The van der Waals surface area contributed by atoms with E-state index in [1.807, 2.05) is 0 Å². The zero-order valence-corrected chi connectivity index (χ0v) is 4.56. The molecular formula is H7NO4Ti. The Balaban J connectivity index is 0. The van der Waals surface area contributed by atoms with E-state index in [9.17, 15) is 0 Å². The predicted molar refractivity (Wildman–Crippen MR) is 12.8 cm³/mol. The Morgan fingerprint density at radius 3 is 0.500 bits per heavy atom. The van der Waals surface area contributed by atoms with Gasteiger partial charge in [-0.2, -0.15) is 0 Å². The Kier molecular flexibility index (Phi) is 53000. The van der Waals surface area contributed by atoms with Crippen LogP contribution in [-0.2, 0) is 21.7 Å². The molecule has 6 heteroatoms. The average Bonchev–Trinajstić information content (AvgIpc) is 0. The minimum Gasteiger partial charge on any atom is -0.870 e. The van der Waals surface area contributed by atoms with E-state index in [0.717, 1.165) is 0 Å². The van der Waals surface area contributed by atoms with Crippen molar-refractivity contribution in [1.82, 2.24) is 6.15 Å². The molecule has 7 N–H and O–H groups in total. The molecule has 0 aliphatic heterocycles. The Labute approximate surface area is 50.4 Å². The second-order valence-corrected chi connectivity index (χ2v) is 0. The molecule has 0 aliphatic carbocycles. The summed E-state index contributed by atoms with van der Waals surface area (Å²) >= 11 is 0. The van der Waals surface area contributed by atoms with E-state index in [-0.39, 0.29) is 49.8 Å². The van der Waals surface area contributed by atoms with Crippen LogP contribution in [0.1, 0.15) is 0 Å². The van der Waals surface area contributed by atoms with Gasteiger partial charge in [0, 0.05) is 0 Å². The SMILES string of the molecule is N.[OH-].[OH-].[OH-].[OH-].[Ti+4]. The van der Waals surface area contributed by atoms with Crippen LogP contribution < -0.4 is 6.15 Å². The molecule has 0 radical (unpaired) electrons. The number of rotatable bonds is 0. The molecule has 0 bridgehead atoms. The van der Waals surface area contributed by atoms with E-state index in [4.69, 9.17) is 0 Å². The van der Waals surface area contributed by atoms with Crippen molar-refractivity contribution in [3.05, 3.63) is 0 Å². The fourth-order valence-electron chi connectivity index (χ4n) is 0. The number of hydrogen-bond acceptors (Lipinski definition) is 5. The van der Waals surface area contributed by atoms with Crippen LogP contribution in [0, 0.1) is 0 Å². The van der Waals surface area contributed by atoms with Crippen LogP contribution in [0.3, 0.4) is 0 Å². The standard InChI is InChI=1S/H3N.4H2O.Ti/h1H3;4*1H2;/q;;;;;+4/p-4. The third-order valence-corrected chi connectivity index (χ3v) is 0. The topological polar surface area (TPSA) is 155 Å². The van der Waals surface area contributed by atoms with Crippen LogP contribution >= 0.6 is 0 Å². The molecule has 6 heavy (non-hydrogen) atoms. The van der Waals surface area contributed by atoms with Crippen molar-refractivity contribution in [2.45, 2.75) is 0 Å². The van der Waals surface area contributed by atoms with Crippen LogP contribution in [0.4, 0.5) is 0 Å². The molecule has 0 unspecified atom stereocenters. The molecule has 0 saturated heterocycles. The molecule has 0 heterocycles. The zero-order chi connectivity index (χ0) is 0. The molecule has 0 atom stereocenters. The Morgan fingerprint density at radius 1 is 0.500 bits per heavy atom. The van der Waals surface area contributed by atoms with Gasteiger partial charge in [-0.15, -0.1) is 0 Å². The van der Waals surface area contributed by atoms with Crippen LogP contribution in [0.15, 0.2) is 0 Å². The predicted octanol–water partition coefficient (Wildman–Crippen LogP) is -0.548. The minimum atomic E-state index is 0. The monoisotopic (exact) mass is 133 g/mol. The molecule has 0 aromatic carbocycles. The first-order valence-corrected chi connectivity index (χ1v) is 0. The Hall–Kier alpha value is 0.514. The molecule has 0 aromatic rings. The van der Waals surface area contributed by atoms with Gasteiger partial charge in [-0.1, -0.05) is 0 Å². The summed E-state index contributed by atoms with van der Waals surface area (Å²) < 4.78 is 0. The molecule has 0 saturated carbocycles. The summed E-state index contributed by atoms with van der Waals surface area (Å²) in [5.74, 6) is 0. The van der Waals surface area contributed by atoms with Gasteiger partial charge < -0.3 is 28.1 Å². The van der Waals surface area contributed by atoms with E-state index in [2.05, 4.69) is 0 Å². The maximum absolute atomic E-state index is 0. The Morgan fingerprint density at radius 2 is 0.500 bits per heavy atom. The molecule has 0 aromatic heterocycles. The summed E-state index contributed by atoms with van der Waals surface area (Å²) in [5.41, 5.74) is 0. The summed E-state index contributed by atoms with van der Waals surface area (Å²) in [5, 5.41) is 0. The normalized spacial score (nSPS) is 0. The van der Waals surface area contributed by atoms with Gasteiger partial charge in [-0.25, -0.2) is 0 Å². The Bertz CT molecular complexity index is 7.51. The van der Waals surface area contributed by atoms with Crippen molar-refractivity contribution in [2.24, 2.45) is 0 Å². The molecule has 0 fully saturated rings. The molecule has 0 amide bonds. The quantitative estimate of drug-likeness (QED) is 0.438. The van der Waals surface area contributed by atoms with Crippen molar-refractivity contribution in [2.75, 3.05) is 0 Å². The van der Waals surface area contributed by atoms with E-state index in [1.165, 1.54) is 0 Å². The fraction of sp³-hybridized carbons (Fsp3) is 0. The largest absolute Gasteiger partial charge is 4.00 e. The first-order chi connectivity index (χ1) is 0. The summed E-state index contributed by atoms with van der Waals surface area (Å²) in [6.45, 7) is 0. The molecule has 0 aliphatic rings. The molecule has 40 valence electrons. The van der Waals surface area contributed by atoms with Gasteiger partial charge in [0.05, 0.1) is 0 Å². The van der Waals surface area contributed by atoms with Crippen molar-refractivity contribution < 1.29 is 43.6 Å². The summed E-state index contributed by atoms with van der Waals surface area (Å²) in [7, 11) is 0. The summed E-state index contributed by atoms with van der Waals surface area (Å²) in [4.78, 5) is 0. The zero-order valence-electron chi connectivity index (χ0n) is 3.00. The minimum absolute atomic E-state index is 0. The second-order valence-electron chi connectivity index (χ2n) is 0. The third kappa shape index (κ3) is 211. The molecule has 0 rings (SSSR count). The van der Waals surface area contributed by atoms with Gasteiger partial charge in [-0.3, -0.25) is 0 Å².